The minimum Gasteiger partial charge on any atom is -0.386 e. The van der Waals surface area contributed by atoms with Gasteiger partial charge in [0.2, 0.25) is 10.0 Å². The predicted octanol–water partition coefficient (Wildman–Crippen LogP) is 2.16. The molecule has 0 aliphatic carbocycles. The van der Waals surface area contributed by atoms with Gasteiger partial charge in [0, 0.05) is 37.5 Å². The molecule has 0 saturated carbocycles. The normalized spacial score (nSPS) is 15.5. The molecule has 0 unspecified atom stereocenters. The third-order valence-corrected chi connectivity index (χ3v) is 6.42. The van der Waals surface area contributed by atoms with E-state index in [0.717, 1.165) is 11.3 Å². The quantitative estimate of drug-likeness (QED) is 0.676. The maximum absolute atomic E-state index is 12.0. The molecule has 0 spiro atoms. The van der Waals surface area contributed by atoms with E-state index >= 15 is 0 Å². The van der Waals surface area contributed by atoms with Crippen molar-refractivity contribution in [2.75, 3.05) is 25.4 Å². The van der Waals surface area contributed by atoms with Crippen LogP contribution >= 0.6 is 11.6 Å². The van der Waals surface area contributed by atoms with Crippen molar-refractivity contribution in [3.8, 4) is 0 Å². The first-order chi connectivity index (χ1) is 12.4. The Morgan fingerprint density at radius 2 is 2.00 bits per heavy atom. The Bertz CT molecular complexity index is 742. The second-order valence-electron chi connectivity index (χ2n) is 6.01. The fraction of sp³-hybridized carbons (Fsp3) is 0.529. The number of piperidine rings is 1. The first-order valence-corrected chi connectivity index (χ1v) is 10.6. The van der Waals surface area contributed by atoms with Crippen LogP contribution in [0.15, 0.2) is 29.4 Å². The highest BCUT2D eigenvalue weighted by Gasteiger charge is 2.25. The molecule has 7 nitrogen and oxygen atoms in total. The summed E-state index contributed by atoms with van der Waals surface area (Å²) in [5, 5.41) is 7.28. The molecule has 9 heteroatoms. The zero-order valence-corrected chi connectivity index (χ0v) is 16.4. The maximum Gasteiger partial charge on any atom is 0.261 e. The van der Waals surface area contributed by atoms with Crippen LogP contribution in [-0.4, -0.2) is 49.8 Å². The summed E-state index contributed by atoms with van der Waals surface area (Å²) >= 11 is 6.03. The molecular weight excluding hydrogens is 378 g/mol. The monoisotopic (exact) mass is 401 g/mol. The fourth-order valence-corrected chi connectivity index (χ4v) is 4.29. The van der Waals surface area contributed by atoms with E-state index in [9.17, 15) is 13.2 Å². The summed E-state index contributed by atoms with van der Waals surface area (Å²) < 4.78 is 25.5. The Kier molecular flexibility index (Phi) is 7.86. The molecule has 1 saturated heterocycles. The predicted molar refractivity (Wildman–Crippen MR) is 102 cm³/mol. The van der Waals surface area contributed by atoms with Gasteiger partial charge in [-0.2, -0.15) is 0 Å². The van der Waals surface area contributed by atoms with Crippen LogP contribution in [0.5, 0.6) is 0 Å². The minimum atomic E-state index is -3.17. The molecule has 0 radical (unpaired) electrons. The van der Waals surface area contributed by atoms with Crippen molar-refractivity contribution in [1.82, 2.24) is 9.62 Å². The number of sulfonamides is 1. The van der Waals surface area contributed by atoms with Gasteiger partial charge < -0.3 is 10.2 Å². The number of oxime groups is 1. The Morgan fingerprint density at radius 1 is 1.31 bits per heavy atom. The maximum atomic E-state index is 12.0. The van der Waals surface area contributed by atoms with Crippen molar-refractivity contribution in [3.63, 3.8) is 0 Å². The number of amides is 1. The lowest BCUT2D eigenvalue weighted by molar-refractivity contribution is -0.125. The Hall–Kier alpha value is -1.64. The molecule has 0 atom stereocenters. The fourth-order valence-electron chi connectivity index (χ4n) is 2.57. The average Bonchev–Trinajstić information content (AvgIpc) is 2.61. The van der Waals surface area contributed by atoms with E-state index in [4.69, 9.17) is 16.4 Å². The van der Waals surface area contributed by atoms with Crippen molar-refractivity contribution in [2.24, 2.45) is 5.16 Å². The van der Waals surface area contributed by atoms with Gasteiger partial charge in [-0.05, 0) is 18.1 Å². The number of rotatable bonds is 8. The lowest BCUT2D eigenvalue weighted by Gasteiger charge is -2.26. The number of carbonyl (C=O) groups excluding carboxylic acids is 1. The van der Waals surface area contributed by atoms with Gasteiger partial charge in [-0.15, -0.1) is 0 Å². The number of benzene rings is 1. The van der Waals surface area contributed by atoms with Gasteiger partial charge in [0.15, 0.2) is 6.61 Å². The molecule has 1 aliphatic heterocycles. The molecule has 26 heavy (non-hydrogen) atoms. The van der Waals surface area contributed by atoms with Gasteiger partial charge in [-0.3, -0.25) is 4.79 Å². The summed E-state index contributed by atoms with van der Waals surface area (Å²) in [6, 6.07) is 7.28. The highest BCUT2D eigenvalue weighted by Crippen LogP contribution is 2.15. The third-order valence-electron chi connectivity index (χ3n) is 3.98. The van der Waals surface area contributed by atoms with Crippen molar-refractivity contribution < 1.29 is 18.0 Å². The molecule has 1 amide bonds. The van der Waals surface area contributed by atoms with Gasteiger partial charge in [-0.1, -0.05) is 41.9 Å². The Labute approximate surface area is 159 Å². The number of halogens is 1. The van der Waals surface area contributed by atoms with E-state index in [-0.39, 0.29) is 18.3 Å². The molecule has 1 fully saturated rings. The van der Waals surface area contributed by atoms with E-state index in [2.05, 4.69) is 10.5 Å². The van der Waals surface area contributed by atoms with Crippen molar-refractivity contribution in [3.05, 3.63) is 34.9 Å². The van der Waals surface area contributed by atoms with Crippen LogP contribution in [0.2, 0.25) is 5.02 Å². The van der Waals surface area contributed by atoms with E-state index in [1.807, 2.05) is 25.1 Å². The summed E-state index contributed by atoms with van der Waals surface area (Å²) in [6.45, 7) is 2.79. The van der Waals surface area contributed by atoms with Crippen LogP contribution < -0.4 is 5.32 Å². The minimum absolute atomic E-state index is 0.168. The smallest absolute Gasteiger partial charge is 0.261 e. The number of nitrogens with zero attached hydrogens (tertiary/aromatic N) is 2. The molecule has 1 aromatic carbocycles. The molecule has 2 rings (SSSR count). The zero-order chi connectivity index (χ0) is 19.0. The first-order valence-electron chi connectivity index (χ1n) is 8.58. The summed E-state index contributed by atoms with van der Waals surface area (Å²) in [5.74, 6) is -0.126. The van der Waals surface area contributed by atoms with E-state index in [1.54, 1.807) is 6.07 Å². The zero-order valence-electron chi connectivity index (χ0n) is 14.8. The lowest BCUT2D eigenvalue weighted by Crippen LogP contribution is -2.39. The molecule has 0 aromatic heterocycles. The van der Waals surface area contributed by atoms with E-state index in [1.165, 1.54) is 4.31 Å². The third kappa shape index (κ3) is 6.26. The van der Waals surface area contributed by atoms with Gasteiger partial charge in [-0.25, -0.2) is 12.7 Å². The largest absolute Gasteiger partial charge is 0.386 e. The Balaban J connectivity index is 1.71. The van der Waals surface area contributed by atoms with Crippen molar-refractivity contribution >= 4 is 33.2 Å². The van der Waals surface area contributed by atoms with Crippen LogP contribution in [0.1, 0.15) is 31.7 Å². The van der Waals surface area contributed by atoms with Crippen LogP contribution in [0.25, 0.3) is 0 Å². The topological polar surface area (TPSA) is 88.1 Å². The highest BCUT2D eigenvalue weighted by atomic mass is 35.5. The van der Waals surface area contributed by atoms with Crippen LogP contribution in [0, 0.1) is 0 Å². The molecule has 144 valence electrons. The number of hydrogen-bond acceptors (Lipinski definition) is 5. The van der Waals surface area contributed by atoms with Gasteiger partial charge >= 0.3 is 0 Å². The number of nitrogens with one attached hydrogen (secondary N) is 1. The highest BCUT2D eigenvalue weighted by molar-refractivity contribution is 7.89. The molecule has 1 aliphatic rings. The van der Waals surface area contributed by atoms with Crippen molar-refractivity contribution in [2.45, 2.75) is 32.7 Å². The first kappa shape index (κ1) is 20.7. The number of hydrogen-bond donors (Lipinski definition) is 1. The SMILES string of the molecule is CCCS(=O)(=O)N1CCC(=NOCC(=O)NCc2ccccc2Cl)CC1. The molecule has 0 bridgehead atoms. The summed E-state index contributed by atoms with van der Waals surface area (Å²) in [4.78, 5) is 16.9. The van der Waals surface area contributed by atoms with Crippen molar-refractivity contribution in [1.29, 1.82) is 0 Å². The number of carbonyl (C=O) groups is 1. The molecular formula is C17H24ClN3O4S. The summed E-state index contributed by atoms with van der Waals surface area (Å²) in [6.07, 6.45) is 1.64. The van der Waals surface area contributed by atoms with Crippen LogP contribution in [0.4, 0.5) is 0 Å². The van der Waals surface area contributed by atoms with Gasteiger partial charge in [0.25, 0.3) is 5.91 Å². The second kappa shape index (κ2) is 9.89. The summed E-state index contributed by atoms with van der Waals surface area (Å²) in [7, 11) is -3.17. The Morgan fingerprint density at radius 3 is 2.65 bits per heavy atom. The molecule has 1 N–H and O–H groups in total. The van der Waals surface area contributed by atoms with Gasteiger partial charge in [0.1, 0.15) is 0 Å². The standard InChI is InChI=1S/C17H24ClN3O4S/c1-2-11-26(23,24)21-9-7-15(8-10-21)20-25-13-17(22)19-12-14-5-3-4-6-16(14)18/h3-6H,2,7-13H2,1H3,(H,19,22). The molecule has 1 heterocycles. The molecule has 1 aromatic rings. The lowest BCUT2D eigenvalue weighted by atomic mass is 10.1. The van der Waals surface area contributed by atoms with E-state index < -0.39 is 10.0 Å². The average molecular weight is 402 g/mol. The van der Waals surface area contributed by atoms with Gasteiger partial charge in [0.05, 0.1) is 11.5 Å². The van der Waals surface area contributed by atoms with Crippen LogP contribution in [-0.2, 0) is 26.2 Å². The van der Waals surface area contributed by atoms with E-state index in [0.29, 0.717) is 43.9 Å². The summed E-state index contributed by atoms with van der Waals surface area (Å²) in [5.41, 5.74) is 1.60. The van der Waals surface area contributed by atoms with Crippen LogP contribution in [0.3, 0.4) is 0 Å². The second-order valence-corrected chi connectivity index (χ2v) is 8.51.